The first-order valence-electron chi connectivity index (χ1n) is 8.27. The summed E-state index contributed by atoms with van der Waals surface area (Å²) in [4.78, 5) is 27.2. The molecule has 1 aliphatic heterocycles. The fourth-order valence-corrected chi connectivity index (χ4v) is 2.71. The fraction of sp³-hybridized carbons (Fsp3) is 0.529. The van der Waals surface area contributed by atoms with Gasteiger partial charge in [0, 0.05) is 37.7 Å². The van der Waals surface area contributed by atoms with Gasteiger partial charge in [0.15, 0.2) is 0 Å². The van der Waals surface area contributed by atoms with E-state index in [9.17, 15) is 9.59 Å². The van der Waals surface area contributed by atoms with Crippen molar-refractivity contribution in [3.05, 3.63) is 24.3 Å². The number of quaternary nitrogens is 1. The van der Waals surface area contributed by atoms with E-state index in [1.165, 1.54) is 4.90 Å². The van der Waals surface area contributed by atoms with Crippen molar-refractivity contribution in [1.29, 1.82) is 0 Å². The molecule has 1 saturated heterocycles. The molecule has 1 aromatic rings. The highest BCUT2D eigenvalue weighted by Gasteiger charge is 2.31. The van der Waals surface area contributed by atoms with E-state index in [0.717, 1.165) is 18.7 Å². The smallest absolute Gasteiger partial charge is 0.315 e. The number of hydrogen-bond donors (Lipinski definition) is 3. The van der Waals surface area contributed by atoms with E-state index in [0.29, 0.717) is 25.3 Å². The Labute approximate surface area is 142 Å². The van der Waals surface area contributed by atoms with Crippen molar-refractivity contribution in [3.63, 3.8) is 0 Å². The highest BCUT2D eigenvalue weighted by molar-refractivity contribution is 5.97. The minimum Gasteiger partial charge on any atom is -0.497 e. The Morgan fingerprint density at radius 3 is 2.92 bits per heavy atom. The minimum atomic E-state index is -0.214. The topological polar surface area (TPSA) is 75.1 Å². The number of urea groups is 1. The van der Waals surface area contributed by atoms with Gasteiger partial charge in [-0.3, -0.25) is 4.79 Å². The van der Waals surface area contributed by atoms with E-state index in [1.54, 1.807) is 12.0 Å². The van der Waals surface area contributed by atoms with E-state index >= 15 is 0 Å². The molecule has 3 N–H and O–H groups in total. The molecule has 1 fully saturated rings. The maximum Gasteiger partial charge on any atom is 0.315 e. The summed E-state index contributed by atoms with van der Waals surface area (Å²) in [6.07, 6.45) is 1.24. The van der Waals surface area contributed by atoms with Crippen LogP contribution in [0.5, 0.6) is 5.75 Å². The normalized spacial score (nSPS) is 17.2. The van der Waals surface area contributed by atoms with E-state index in [4.69, 9.17) is 4.74 Å². The molecule has 0 unspecified atom stereocenters. The first-order valence-corrected chi connectivity index (χ1v) is 8.27. The molecule has 0 aromatic heterocycles. The number of anilines is 1. The first kappa shape index (κ1) is 18.1. The zero-order chi connectivity index (χ0) is 17.5. The quantitative estimate of drug-likeness (QED) is 0.596. The van der Waals surface area contributed by atoms with Gasteiger partial charge in [0.2, 0.25) is 5.91 Å². The Hall–Kier alpha value is -2.28. The number of benzene rings is 1. The van der Waals surface area contributed by atoms with Crippen molar-refractivity contribution in [2.75, 3.05) is 45.7 Å². The van der Waals surface area contributed by atoms with Crippen LogP contribution in [0.25, 0.3) is 0 Å². The monoisotopic (exact) mass is 335 g/mol. The molecule has 0 bridgehead atoms. The SMILES string of the molecule is COc1cccc(N2C[C@H](NC(=O)NCCC[NH+](C)C)CC2=O)c1. The second-order valence-electron chi connectivity index (χ2n) is 6.32. The summed E-state index contributed by atoms with van der Waals surface area (Å²) in [5.41, 5.74) is 0.790. The number of methoxy groups -OCH3 is 1. The maximum absolute atomic E-state index is 12.2. The minimum absolute atomic E-state index is 0.00441. The number of ether oxygens (including phenoxy) is 1. The van der Waals surface area contributed by atoms with Gasteiger partial charge in [-0.25, -0.2) is 4.79 Å². The van der Waals surface area contributed by atoms with Crippen LogP contribution in [0.15, 0.2) is 24.3 Å². The number of carbonyl (C=O) groups excluding carboxylic acids is 2. The number of carbonyl (C=O) groups is 2. The first-order chi connectivity index (χ1) is 11.5. The Bertz CT molecular complexity index is 577. The summed E-state index contributed by atoms with van der Waals surface area (Å²) in [7, 11) is 5.76. The molecule has 0 spiro atoms. The molecule has 7 heteroatoms. The molecule has 3 amide bonds. The van der Waals surface area contributed by atoms with E-state index in [2.05, 4.69) is 24.7 Å². The maximum atomic E-state index is 12.2. The molecule has 0 aliphatic carbocycles. The lowest BCUT2D eigenvalue weighted by Crippen LogP contribution is -3.05. The summed E-state index contributed by atoms with van der Waals surface area (Å²) in [5, 5.41) is 5.71. The van der Waals surface area contributed by atoms with Crippen LogP contribution in [0, 0.1) is 0 Å². The van der Waals surface area contributed by atoms with Gasteiger partial charge in [0.1, 0.15) is 5.75 Å². The van der Waals surface area contributed by atoms with Crippen LogP contribution in [0.1, 0.15) is 12.8 Å². The van der Waals surface area contributed by atoms with Gasteiger partial charge in [-0.2, -0.15) is 0 Å². The van der Waals surface area contributed by atoms with Gasteiger partial charge in [-0.05, 0) is 12.1 Å². The van der Waals surface area contributed by atoms with E-state index < -0.39 is 0 Å². The molecule has 1 aromatic carbocycles. The van der Waals surface area contributed by atoms with Gasteiger partial charge < -0.3 is 25.2 Å². The van der Waals surface area contributed by atoms with Crippen LogP contribution in [0.3, 0.4) is 0 Å². The molecule has 132 valence electrons. The summed E-state index contributed by atoms with van der Waals surface area (Å²) in [6, 6.07) is 6.98. The van der Waals surface area contributed by atoms with Gasteiger partial charge >= 0.3 is 6.03 Å². The zero-order valence-electron chi connectivity index (χ0n) is 14.6. The molecule has 7 nitrogen and oxygen atoms in total. The van der Waals surface area contributed by atoms with Crippen LogP contribution in [-0.4, -0.2) is 58.8 Å². The van der Waals surface area contributed by atoms with Crippen molar-refractivity contribution in [1.82, 2.24) is 10.6 Å². The van der Waals surface area contributed by atoms with Gasteiger partial charge in [-0.15, -0.1) is 0 Å². The van der Waals surface area contributed by atoms with Crippen LogP contribution in [-0.2, 0) is 4.79 Å². The largest absolute Gasteiger partial charge is 0.497 e. The third-order valence-corrected chi connectivity index (χ3v) is 3.96. The lowest BCUT2D eigenvalue weighted by Gasteiger charge is -2.18. The Kier molecular flexibility index (Phi) is 6.43. The van der Waals surface area contributed by atoms with Crippen LogP contribution >= 0.6 is 0 Å². The zero-order valence-corrected chi connectivity index (χ0v) is 14.6. The lowest BCUT2D eigenvalue weighted by molar-refractivity contribution is -0.858. The number of amides is 3. The van der Waals surface area contributed by atoms with Crippen LogP contribution in [0.2, 0.25) is 0 Å². The van der Waals surface area contributed by atoms with Crippen molar-refractivity contribution in [2.45, 2.75) is 18.9 Å². The molecule has 0 saturated carbocycles. The van der Waals surface area contributed by atoms with Crippen LogP contribution < -0.4 is 25.2 Å². The summed E-state index contributed by atoms with van der Waals surface area (Å²) in [5.74, 6) is 0.710. The summed E-state index contributed by atoms with van der Waals surface area (Å²) in [6.45, 7) is 2.12. The third-order valence-electron chi connectivity index (χ3n) is 3.96. The second-order valence-corrected chi connectivity index (χ2v) is 6.32. The predicted molar refractivity (Wildman–Crippen MR) is 92.6 cm³/mol. The van der Waals surface area contributed by atoms with Gasteiger partial charge in [-0.1, -0.05) is 6.07 Å². The fourth-order valence-electron chi connectivity index (χ4n) is 2.71. The van der Waals surface area contributed by atoms with Crippen LogP contribution in [0.4, 0.5) is 10.5 Å². The number of hydrogen-bond acceptors (Lipinski definition) is 3. The molecule has 24 heavy (non-hydrogen) atoms. The average molecular weight is 335 g/mol. The average Bonchev–Trinajstić information content (AvgIpc) is 2.91. The standard InChI is InChI=1S/C17H26N4O3/c1-20(2)9-5-8-18-17(23)19-13-10-16(22)21(12-13)14-6-4-7-15(11-14)24-3/h4,6-7,11,13H,5,8-10,12H2,1-3H3,(H2,18,19,23)/p+1/t13-/m1/s1. The summed E-state index contributed by atoms with van der Waals surface area (Å²) < 4.78 is 5.19. The lowest BCUT2D eigenvalue weighted by atomic mass is 10.2. The van der Waals surface area contributed by atoms with E-state index in [-0.39, 0.29) is 18.0 Å². The Morgan fingerprint density at radius 2 is 2.21 bits per heavy atom. The molecule has 2 rings (SSSR count). The second kappa shape index (κ2) is 8.54. The van der Waals surface area contributed by atoms with Crippen molar-refractivity contribution in [2.24, 2.45) is 0 Å². The highest BCUT2D eigenvalue weighted by Crippen LogP contribution is 2.25. The Balaban J connectivity index is 1.82. The molecule has 1 atom stereocenters. The van der Waals surface area contributed by atoms with E-state index in [1.807, 2.05) is 24.3 Å². The molecular weight excluding hydrogens is 308 g/mol. The van der Waals surface area contributed by atoms with Crippen molar-refractivity contribution in [3.8, 4) is 5.75 Å². The number of rotatable bonds is 7. The molecule has 1 aliphatic rings. The third kappa shape index (κ3) is 5.13. The van der Waals surface area contributed by atoms with Crippen molar-refractivity contribution < 1.29 is 19.2 Å². The molecular formula is C17H27N4O3+. The Morgan fingerprint density at radius 1 is 1.42 bits per heavy atom. The molecule has 1 heterocycles. The predicted octanol–water partition coefficient (Wildman–Crippen LogP) is -0.366. The van der Waals surface area contributed by atoms with Crippen molar-refractivity contribution >= 4 is 17.6 Å². The molecule has 0 radical (unpaired) electrons. The van der Waals surface area contributed by atoms with Gasteiger partial charge in [0.25, 0.3) is 0 Å². The highest BCUT2D eigenvalue weighted by atomic mass is 16.5. The summed E-state index contributed by atoms with van der Waals surface area (Å²) >= 11 is 0. The van der Waals surface area contributed by atoms with Gasteiger partial charge in [0.05, 0.1) is 33.8 Å². The number of nitrogens with zero attached hydrogens (tertiary/aromatic N) is 1. The number of nitrogens with one attached hydrogen (secondary N) is 3.